The molecule has 114 valence electrons. The van der Waals surface area contributed by atoms with Gasteiger partial charge in [-0.15, -0.1) is 11.8 Å². The van der Waals surface area contributed by atoms with Gasteiger partial charge >= 0.3 is 0 Å². The van der Waals surface area contributed by atoms with Crippen molar-refractivity contribution in [3.8, 4) is 11.5 Å². The molecule has 0 fully saturated rings. The van der Waals surface area contributed by atoms with Gasteiger partial charge in [0.05, 0.1) is 6.42 Å². The van der Waals surface area contributed by atoms with Gasteiger partial charge in [-0.25, -0.2) is 0 Å². The summed E-state index contributed by atoms with van der Waals surface area (Å²) in [6.07, 6.45) is 2.38. The zero-order valence-electron chi connectivity index (χ0n) is 12.3. The van der Waals surface area contributed by atoms with Crippen molar-refractivity contribution in [2.75, 3.05) is 24.8 Å². The molecule has 2 aromatic rings. The van der Waals surface area contributed by atoms with Gasteiger partial charge in [-0.2, -0.15) is 0 Å². The van der Waals surface area contributed by atoms with Crippen LogP contribution in [0.4, 0.5) is 5.69 Å². The molecular weight excluding hydrogens is 298 g/mol. The van der Waals surface area contributed by atoms with Gasteiger partial charge in [0.2, 0.25) is 5.91 Å². The Morgan fingerprint density at radius 1 is 1.09 bits per heavy atom. The molecule has 0 saturated heterocycles. The predicted molar refractivity (Wildman–Crippen MR) is 88.0 cm³/mol. The van der Waals surface area contributed by atoms with Crippen molar-refractivity contribution < 1.29 is 14.3 Å². The summed E-state index contributed by atoms with van der Waals surface area (Å²) < 4.78 is 11.0. The Morgan fingerprint density at radius 2 is 1.82 bits per heavy atom. The highest BCUT2D eigenvalue weighted by molar-refractivity contribution is 7.98. The highest BCUT2D eigenvalue weighted by atomic mass is 32.2. The van der Waals surface area contributed by atoms with Gasteiger partial charge in [0.15, 0.2) is 11.5 Å². The third-order valence-corrected chi connectivity index (χ3v) is 4.09. The molecule has 0 aromatic heterocycles. The average Bonchev–Trinajstić information content (AvgIpc) is 2.55. The maximum atomic E-state index is 12.1. The SMILES string of the molecule is CSc1ccc(CC(=O)Nc2ccc3c(c2)OCCO3)cc1. The van der Waals surface area contributed by atoms with Crippen molar-refractivity contribution in [1.29, 1.82) is 0 Å². The Morgan fingerprint density at radius 3 is 2.55 bits per heavy atom. The van der Waals surface area contributed by atoms with E-state index >= 15 is 0 Å². The minimum atomic E-state index is -0.0476. The van der Waals surface area contributed by atoms with Gasteiger partial charge in [-0.1, -0.05) is 12.1 Å². The second kappa shape index (κ2) is 6.75. The fourth-order valence-corrected chi connectivity index (χ4v) is 2.66. The molecule has 0 aliphatic carbocycles. The third kappa shape index (κ3) is 3.54. The Hall–Kier alpha value is -2.14. The molecule has 5 heteroatoms. The van der Waals surface area contributed by atoms with Crippen molar-refractivity contribution in [1.82, 2.24) is 0 Å². The van der Waals surface area contributed by atoms with Crippen LogP contribution in [0.5, 0.6) is 11.5 Å². The molecule has 0 unspecified atom stereocenters. The lowest BCUT2D eigenvalue weighted by Crippen LogP contribution is -2.17. The molecule has 1 heterocycles. The fourth-order valence-electron chi connectivity index (χ4n) is 2.26. The molecule has 0 bridgehead atoms. The van der Waals surface area contributed by atoms with Gasteiger partial charge in [-0.3, -0.25) is 4.79 Å². The lowest BCUT2D eigenvalue weighted by atomic mass is 10.1. The number of rotatable bonds is 4. The summed E-state index contributed by atoms with van der Waals surface area (Å²) in [7, 11) is 0. The first-order valence-corrected chi connectivity index (χ1v) is 8.29. The first-order valence-electron chi connectivity index (χ1n) is 7.07. The van der Waals surface area contributed by atoms with Crippen LogP contribution in [0, 0.1) is 0 Å². The fraction of sp³-hybridized carbons (Fsp3) is 0.235. The normalized spacial score (nSPS) is 12.8. The van der Waals surface area contributed by atoms with E-state index in [0.29, 0.717) is 25.4 Å². The van der Waals surface area contributed by atoms with Crippen LogP contribution in [0.3, 0.4) is 0 Å². The smallest absolute Gasteiger partial charge is 0.228 e. The minimum absolute atomic E-state index is 0.0476. The molecule has 22 heavy (non-hydrogen) atoms. The Kier molecular flexibility index (Phi) is 4.53. The average molecular weight is 315 g/mol. The van der Waals surface area contributed by atoms with Crippen LogP contribution in [-0.2, 0) is 11.2 Å². The summed E-state index contributed by atoms with van der Waals surface area (Å²) in [4.78, 5) is 13.3. The van der Waals surface area contributed by atoms with Crippen molar-refractivity contribution in [2.45, 2.75) is 11.3 Å². The highest BCUT2D eigenvalue weighted by Crippen LogP contribution is 2.32. The Balaban J connectivity index is 1.63. The number of benzene rings is 2. The molecule has 1 N–H and O–H groups in total. The van der Waals surface area contributed by atoms with E-state index in [9.17, 15) is 4.79 Å². The van der Waals surface area contributed by atoms with Crippen LogP contribution in [0.2, 0.25) is 0 Å². The summed E-state index contributed by atoms with van der Waals surface area (Å²) in [5.74, 6) is 1.35. The monoisotopic (exact) mass is 315 g/mol. The number of amides is 1. The summed E-state index contributed by atoms with van der Waals surface area (Å²) >= 11 is 1.69. The molecule has 4 nitrogen and oxygen atoms in total. The van der Waals surface area contributed by atoms with E-state index in [1.807, 2.05) is 42.7 Å². The summed E-state index contributed by atoms with van der Waals surface area (Å²) in [6, 6.07) is 13.4. The zero-order chi connectivity index (χ0) is 15.4. The van der Waals surface area contributed by atoms with Crippen LogP contribution >= 0.6 is 11.8 Å². The van der Waals surface area contributed by atoms with E-state index in [2.05, 4.69) is 5.32 Å². The number of carbonyl (C=O) groups excluding carboxylic acids is 1. The standard InChI is InChI=1S/C17H17NO3S/c1-22-14-5-2-12(3-6-14)10-17(19)18-13-4-7-15-16(11-13)21-9-8-20-15/h2-7,11H,8-10H2,1H3,(H,18,19). The van der Waals surface area contributed by atoms with Gasteiger partial charge in [0.1, 0.15) is 13.2 Å². The van der Waals surface area contributed by atoms with E-state index in [-0.39, 0.29) is 5.91 Å². The topological polar surface area (TPSA) is 47.6 Å². The largest absolute Gasteiger partial charge is 0.486 e. The summed E-state index contributed by atoms with van der Waals surface area (Å²) in [6.45, 7) is 1.09. The summed E-state index contributed by atoms with van der Waals surface area (Å²) in [5.41, 5.74) is 1.71. The molecule has 1 amide bonds. The van der Waals surface area contributed by atoms with E-state index in [1.54, 1.807) is 17.8 Å². The van der Waals surface area contributed by atoms with E-state index in [4.69, 9.17) is 9.47 Å². The van der Waals surface area contributed by atoms with Crippen LogP contribution in [0.25, 0.3) is 0 Å². The lowest BCUT2D eigenvalue weighted by molar-refractivity contribution is -0.115. The number of hydrogen-bond donors (Lipinski definition) is 1. The second-order valence-electron chi connectivity index (χ2n) is 4.93. The number of fused-ring (bicyclic) bond motifs is 1. The quantitative estimate of drug-likeness (QED) is 0.879. The second-order valence-corrected chi connectivity index (χ2v) is 5.81. The molecule has 2 aromatic carbocycles. The van der Waals surface area contributed by atoms with Crippen LogP contribution in [-0.4, -0.2) is 25.4 Å². The van der Waals surface area contributed by atoms with Crippen molar-refractivity contribution in [3.05, 3.63) is 48.0 Å². The summed E-state index contributed by atoms with van der Waals surface area (Å²) in [5, 5.41) is 2.89. The van der Waals surface area contributed by atoms with E-state index < -0.39 is 0 Å². The number of nitrogens with one attached hydrogen (secondary N) is 1. The Bertz CT molecular complexity index is 670. The van der Waals surface area contributed by atoms with Crippen molar-refractivity contribution in [3.63, 3.8) is 0 Å². The van der Waals surface area contributed by atoms with Crippen LogP contribution in [0.15, 0.2) is 47.4 Å². The number of thioether (sulfide) groups is 1. The van der Waals surface area contributed by atoms with E-state index in [1.165, 1.54) is 4.90 Å². The first kappa shape index (κ1) is 14.8. The molecule has 0 radical (unpaired) electrons. The number of hydrogen-bond acceptors (Lipinski definition) is 4. The van der Waals surface area contributed by atoms with Gasteiger partial charge in [0.25, 0.3) is 0 Å². The molecule has 0 saturated carbocycles. The predicted octanol–water partition coefficient (Wildman–Crippen LogP) is 3.36. The van der Waals surface area contributed by atoms with Gasteiger partial charge in [-0.05, 0) is 36.1 Å². The number of ether oxygens (including phenoxy) is 2. The maximum Gasteiger partial charge on any atom is 0.228 e. The number of anilines is 1. The molecule has 3 rings (SSSR count). The molecular formula is C17H17NO3S. The van der Waals surface area contributed by atoms with Crippen LogP contribution < -0.4 is 14.8 Å². The molecule has 0 atom stereocenters. The van der Waals surface area contributed by atoms with Crippen molar-refractivity contribution in [2.24, 2.45) is 0 Å². The number of carbonyl (C=O) groups is 1. The van der Waals surface area contributed by atoms with Crippen molar-refractivity contribution >= 4 is 23.4 Å². The van der Waals surface area contributed by atoms with E-state index in [0.717, 1.165) is 17.0 Å². The third-order valence-electron chi connectivity index (χ3n) is 3.35. The van der Waals surface area contributed by atoms with Gasteiger partial charge < -0.3 is 14.8 Å². The first-order chi connectivity index (χ1) is 10.7. The Labute approximate surface area is 133 Å². The molecule has 1 aliphatic rings. The molecule has 1 aliphatic heterocycles. The maximum absolute atomic E-state index is 12.1. The zero-order valence-corrected chi connectivity index (χ0v) is 13.1. The molecule has 0 spiro atoms. The highest BCUT2D eigenvalue weighted by Gasteiger charge is 2.12. The van der Waals surface area contributed by atoms with Crippen LogP contribution in [0.1, 0.15) is 5.56 Å². The lowest BCUT2D eigenvalue weighted by Gasteiger charge is -2.19. The van der Waals surface area contributed by atoms with Gasteiger partial charge in [0, 0.05) is 16.6 Å². The minimum Gasteiger partial charge on any atom is -0.486 e.